The van der Waals surface area contributed by atoms with E-state index in [2.05, 4.69) is 0 Å². The van der Waals surface area contributed by atoms with Crippen LogP contribution in [-0.2, 0) is 22.5 Å². The van der Waals surface area contributed by atoms with Crippen molar-refractivity contribution in [1.82, 2.24) is 0 Å². The van der Waals surface area contributed by atoms with Gasteiger partial charge in [-0.05, 0) is 0 Å². The Hall–Kier alpha value is -0.391. The second-order valence-electron chi connectivity index (χ2n) is 0.287. The predicted molar refractivity (Wildman–Crippen MR) is 12.7 cm³/mol. The Balaban J connectivity index is 0. The number of hydrogen-bond acceptors (Lipinski definition) is 3. The number of nitrogens with zero attached hydrogens (tertiary/aromatic N) is 1. The van der Waals surface area contributed by atoms with Gasteiger partial charge in [-0.3, -0.25) is 0 Å². The molecule has 0 fully saturated rings. The molecule has 0 aliphatic carbocycles. The molecule has 6 heavy (non-hydrogen) atoms. The fourth-order valence-electron chi connectivity index (χ4n) is 0. The van der Waals surface area contributed by atoms with Crippen LogP contribution in [0.1, 0.15) is 6.92 Å². The molecule has 0 aromatic rings. The molecule has 0 aromatic carbocycles. The van der Waals surface area contributed by atoms with Crippen molar-refractivity contribution in [1.29, 1.82) is 5.26 Å². The zero-order valence-corrected chi connectivity index (χ0v) is 4.32. The Labute approximate surface area is 41.5 Å². The topological polar surface area (TPSA) is 57.9 Å². The van der Waals surface area contributed by atoms with Crippen molar-refractivity contribution in [2.45, 2.75) is 6.92 Å². The third-order valence-electron chi connectivity index (χ3n) is 0. The van der Waals surface area contributed by atoms with E-state index in [0.717, 1.165) is 0 Å². The van der Waals surface area contributed by atoms with E-state index in [4.69, 9.17) is 12.9 Å². The first-order chi connectivity index (χ1) is 2.83. The number of nitriles is 1. The van der Waals surface area contributed by atoms with Gasteiger partial charge in [0.2, 0.25) is 0 Å². The van der Waals surface area contributed by atoms with Crippen molar-refractivity contribution < 1.29 is 22.5 Å². The maximum absolute atomic E-state index is 8.41. The normalized spacial score (nSPS) is 3.33. The van der Waals surface area contributed by atoms with Gasteiger partial charge in [0.25, 0.3) is 0 Å². The average molecular weight is 128 g/mol. The summed E-state index contributed by atoms with van der Waals surface area (Å²) in [5.41, 5.74) is 0. The second-order valence-corrected chi connectivity index (χ2v) is 0.483. The molecule has 0 aromatic heterocycles. The van der Waals surface area contributed by atoms with Crippen molar-refractivity contribution in [3.8, 4) is 6.07 Å². The number of rotatable bonds is 0. The summed E-state index contributed by atoms with van der Waals surface area (Å²) in [5.74, 6) is 0. The molecule has 0 heterocycles. The van der Waals surface area contributed by atoms with Crippen LogP contribution >= 0.6 is 0 Å². The van der Waals surface area contributed by atoms with Gasteiger partial charge in [0.1, 0.15) is 0 Å². The number of hydrogen-bond donors (Lipinski definition) is 0. The third-order valence-corrected chi connectivity index (χ3v) is 0. The van der Waals surface area contributed by atoms with Gasteiger partial charge in [-0.25, -0.2) is 0 Å². The first-order valence-corrected chi connectivity index (χ1v) is 2.00. The fraction of sp³-hybridized carbons (Fsp3) is 0.500. The molecule has 35 valence electrons. The molecule has 0 N–H and O–H groups in total. The van der Waals surface area contributed by atoms with Crippen molar-refractivity contribution in [2.24, 2.45) is 0 Å². The van der Waals surface area contributed by atoms with Crippen LogP contribution in [0, 0.1) is 11.3 Å². The van der Waals surface area contributed by atoms with E-state index in [-0.39, 0.29) is 0 Å². The van der Waals surface area contributed by atoms with Gasteiger partial charge in [0, 0.05) is 6.92 Å². The molecule has 4 heteroatoms. The Bertz CT molecular complexity index is 78.0. The van der Waals surface area contributed by atoms with Crippen LogP contribution in [0.4, 0.5) is 0 Å². The van der Waals surface area contributed by atoms with Gasteiger partial charge in [0.05, 0.1) is 6.07 Å². The van der Waals surface area contributed by atoms with Gasteiger partial charge >= 0.3 is 22.5 Å². The van der Waals surface area contributed by atoms with Crippen LogP contribution in [0.3, 0.4) is 0 Å². The van der Waals surface area contributed by atoms with E-state index >= 15 is 0 Å². The monoisotopic (exact) mass is 128 g/mol. The van der Waals surface area contributed by atoms with Crippen LogP contribution < -0.4 is 0 Å². The zero-order chi connectivity index (χ0) is 5.41. The Kier molecular flexibility index (Phi) is 35.3. The van der Waals surface area contributed by atoms with E-state index in [1.54, 1.807) is 6.07 Å². The summed E-state index contributed by atoms with van der Waals surface area (Å²) in [6.07, 6.45) is 0. The first kappa shape index (κ1) is 9.15. The Morgan fingerprint density at radius 1 is 1.67 bits per heavy atom. The molecule has 0 atom stereocenters. The summed E-state index contributed by atoms with van der Waals surface area (Å²) < 4.78 is 16.8. The standard InChI is InChI=1S/C2H3N.Mn.2O/c1-2-3;;;/h1H3;;;. The Morgan fingerprint density at radius 3 is 1.67 bits per heavy atom. The van der Waals surface area contributed by atoms with E-state index in [1.165, 1.54) is 6.92 Å². The quantitative estimate of drug-likeness (QED) is 0.440. The molecule has 0 amide bonds. The van der Waals surface area contributed by atoms with Crippen molar-refractivity contribution in [3.63, 3.8) is 0 Å². The van der Waals surface area contributed by atoms with Crippen molar-refractivity contribution in [2.75, 3.05) is 0 Å². The minimum atomic E-state index is -1.44. The third kappa shape index (κ3) is 161. The van der Waals surface area contributed by atoms with Crippen LogP contribution in [0.5, 0.6) is 0 Å². The van der Waals surface area contributed by atoms with Crippen molar-refractivity contribution >= 4 is 0 Å². The van der Waals surface area contributed by atoms with Gasteiger partial charge < -0.3 is 0 Å². The molecule has 0 radical (unpaired) electrons. The molecule has 3 nitrogen and oxygen atoms in total. The summed E-state index contributed by atoms with van der Waals surface area (Å²) in [7, 11) is 0. The van der Waals surface area contributed by atoms with Crippen LogP contribution in [0.2, 0.25) is 0 Å². The summed E-state index contributed by atoms with van der Waals surface area (Å²) >= 11 is -1.44. The van der Waals surface area contributed by atoms with Crippen LogP contribution in [-0.4, -0.2) is 0 Å². The van der Waals surface area contributed by atoms with Gasteiger partial charge in [-0.15, -0.1) is 0 Å². The molecule has 0 aliphatic heterocycles. The molecule has 0 unspecified atom stereocenters. The second kappa shape index (κ2) is 23.2. The van der Waals surface area contributed by atoms with E-state index < -0.39 is 14.8 Å². The fourth-order valence-corrected chi connectivity index (χ4v) is 0. The van der Waals surface area contributed by atoms with Crippen LogP contribution in [0.25, 0.3) is 0 Å². The van der Waals surface area contributed by atoms with Crippen LogP contribution in [0.15, 0.2) is 0 Å². The van der Waals surface area contributed by atoms with E-state index in [0.29, 0.717) is 0 Å². The van der Waals surface area contributed by atoms with Gasteiger partial charge in [-0.2, -0.15) is 5.26 Å². The Morgan fingerprint density at radius 2 is 1.67 bits per heavy atom. The van der Waals surface area contributed by atoms with E-state index in [9.17, 15) is 0 Å². The molecule has 0 aliphatic rings. The summed E-state index contributed by atoms with van der Waals surface area (Å²) in [4.78, 5) is 0. The summed E-state index contributed by atoms with van der Waals surface area (Å²) in [6.45, 7) is 1.43. The average Bonchev–Trinajstić information content (AvgIpc) is 1.39. The summed E-state index contributed by atoms with van der Waals surface area (Å²) in [6, 6.07) is 1.75. The molecule has 0 saturated carbocycles. The molecular weight excluding hydrogens is 125 g/mol. The molecule has 0 bridgehead atoms. The zero-order valence-electron chi connectivity index (χ0n) is 3.14. The SMILES string of the molecule is CC#N.[O]=[Mn]=[O]. The maximum atomic E-state index is 8.41. The molecular formula is C2H3MnNO2. The van der Waals surface area contributed by atoms with Gasteiger partial charge in [0.15, 0.2) is 0 Å². The summed E-state index contributed by atoms with van der Waals surface area (Å²) in [5, 5.41) is 7.32. The molecule has 0 rings (SSSR count). The minimum absolute atomic E-state index is 1.43. The molecule has 0 saturated heterocycles. The first-order valence-electron chi connectivity index (χ1n) is 1.03. The van der Waals surface area contributed by atoms with Crippen molar-refractivity contribution in [3.05, 3.63) is 0 Å². The predicted octanol–water partition coefficient (Wildman–Crippen LogP) is 0.290. The van der Waals surface area contributed by atoms with E-state index in [1.807, 2.05) is 0 Å². The van der Waals surface area contributed by atoms with Gasteiger partial charge in [-0.1, -0.05) is 0 Å². The molecule has 0 spiro atoms.